The van der Waals surface area contributed by atoms with Gasteiger partial charge in [-0.15, -0.1) is 0 Å². The smallest absolute Gasteiger partial charge is 0.281 e. The molecule has 2 aliphatic rings. The summed E-state index contributed by atoms with van der Waals surface area (Å²) < 4.78 is 33.6. The number of nitrogens with one attached hydrogen (secondary N) is 1. The standard InChI is InChI=1S/C12H25N3O3S/c1-14(11-12-10-13-6-9-18-12)19(16,17)15-7-4-2-3-5-8-15/h12-13H,2-11H2,1H3. The van der Waals surface area contributed by atoms with Crippen LogP contribution >= 0.6 is 0 Å². The summed E-state index contributed by atoms with van der Waals surface area (Å²) in [6.45, 7) is 3.94. The van der Waals surface area contributed by atoms with Gasteiger partial charge in [-0.05, 0) is 12.8 Å². The first kappa shape index (κ1) is 15.2. The third-order valence-electron chi connectivity index (χ3n) is 3.75. The zero-order chi connectivity index (χ0) is 13.7. The second kappa shape index (κ2) is 6.99. The molecule has 2 heterocycles. The molecular formula is C12H25N3O3S. The molecule has 19 heavy (non-hydrogen) atoms. The lowest BCUT2D eigenvalue weighted by atomic mass is 10.2. The summed E-state index contributed by atoms with van der Waals surface area (Å²) in [6.07, 6.45) is 4.15. The number of nitrogens with zero attached hydrogens (tertiary/aromatic N) is 2. The van der Waals surface area contributed by atoms with Crippen molar-refractivity contribution in [3.8, 4) is 0 Å². The van der Waals surface area contributed by atoms with E-state index in [1.54, 1.807) is 11.4 Å². The van der Waals surface area contributed by atoms with Crippen molar-refractivity contribution in [3.05, 3.63) is 0 Å². The van der Waals surface area contributed by atoms with Gasteiger partial charge in [-0.3, -0.25) is 0 Å². The van der Waals surface area contributed by atoms with Gasteiger partial charge in [0.25, 0.3) is 10.2 Å². The molecule has 6 nitrogen and oxygen atoms in total. The van der Waals surface area contributed by atoms with Gasteiger partial charge in [-0.25, -0.2) is 0 Å². The molecule has 112 valence electrons. The summed E-state index contributed by atoms with van der Waals surface area (Å²) in [7, 11) is -1.67. The Morgan fingerprint density at radius 3 is 2.53 bits per heavy atom. The van der Waals surface area contributed by atoms with Crippen molar-refractivity contribution < 1.29 is 13.2 Å². The summed E-state index contributed by atoms with van der Waals surface area (Å²) in [4.78, 5) is 0. The van der Waals surface area contributed by atoms with Crippen LogP contribution in [-0.2, 0) is 14.9 Å². The highest BCUT2D eigenvalue weighted by Gasteiger charge is 2.29. The Balaban J connectivity index is 1.92. The summed E-state index contributed by atoms with van der Waals surface area (Å²) in [6, 6.07) is 0. The molecule has 0 aromatic heterocycles. The van der Waals surface area contributed by atoms with Crippen LogP contribution in [0.3, 0.4) is 0 Å². The van der Waals surface area contributed by atoms with Gasteiger partial charge in [0, 0.05) is 39.8 Å². The quantitative estimate of drug-likeness (QED) is 0.794. The van der Waals surface area contributed by atoms with Crippen LogP contribution in [0.2, 0.25) is 0 Å². The highest BCUT2D eigenvalue weighted by atomic mass is 32.2. The van der Waals surface area contributed by atoms with Gasteiger partial charge in [-0.1, -0.05) is 12.8 Å². The van der Waals surface area contributed by atoms with Gasteiger partial charge in [0.2, 0.25) is 0 Å². The molecule has 0 aliphatic carbocycles. The van der Waals surface area contributed by atoms with E-state index in [0.717, 1.165) is 38.8 Å². The minimum Gasteiger partial charge on any atom is -0.374 e. The molecule has 1 unspecified atom stereocenters. The maximum Gasteiger partial charge on any atom is 0.281 e. The minimum absolute atomic E-state index is 0.0412. The largest absolute Gasteiger partial charge is 0.374 e. The van der Waals surface area contributed by atoms with E-state index in [2.05, 4.69) is 5.32 Å². The second-order valence-corrected chi connectivity index (χ2v) is 7.33. The third kappa shape index (κ3) is 4.13. The van der Waals surface area contributed by atoms with E-state index < -0.39 is 10.2 Å². The van der Waals surface area contributed by atoms with Crippen molar-refractivity contribution in [2.45, 2.75) is 31.8 Å². The summed E-state index contributed by atoms with van der Waals surface area (Å²) in [5.41, 5.74) is 0. The van der Waals surface area contributed by atoms with Crippen molar-refractivity contribution >= 4 is 10.2 Å². The fourth-order valence-electron chi connectivity index (χ4n) is 2.59. The van der Waals surface area contributed by atoms with E-state index in [1.807, 2.05) is 0 Å². The number of likely N-dealkylation sites (N-methyl/N-ethyl adjacent to an activating group) is 1. The lowest BCUT2D eigenvalue weighted by molar-refractivity contribution is 0.0199. The zero-order valence-electron chi connectivity index (χ0n) is 11.7. The van der Waals surface area contributed by atoms with Crippen molar-refractivity contribution in [2.75, 3.05) is 46.4 Å². The van der Waals surface area contributed by atoms with Crippen molar-refractivity contribution in [1.29, 1.82) is 0 Å². The maximum atomic E-state index is 12.5. The van der Waals surface area contributed by atoms with E-state index in [4.69, 9.17) is 4.74 Å². The molecule has 0 saturated carbocycles. The van der Waals surface area contributed by atoms with Crippen LogP contribution in [0.15, 0.2) is 0 Å². The number of ether oxygens (including phenoxy) is 1. The van der Waals surface area contributed by atoms with Crippen LogP contribution in [0.1, 0.15) is 25.7 Å². The Bertz CT molecular complexity index is 360. The number of hydrogen-bond acceptors (Lipinski definition) is 4. The van der Waals surface area contributed by atoms with Crippen LogP contribution in [0.25, 0.3) is 0 Å². The Morgan fingerprint density at radius 1 is 1.26 bits per heavy atom. The fourth-order valence-corrected chi connectivity index (χ4v) is 4.06. The zero-order valence-corrected chi connectivity index (χ0v) is 12.5. The molecule has 2 fully saturated rings. The molecule has 2 aliphatic heterocycles. The molecule has 0 radical (unpaired) electrons. The lowest BCUT2D eigenvalue weighted by Crippen LogP contribution is -2.49. The first-order chi connectivity index (χ1) is 9.10. The topological polar surface area (TPSA) is 61.9 Å². The van der Waals surface area contributed by atoms with E-state index in [1.165, 1.54) is 4.31 Å². The molecule has 0 amide bonds. The Labute approximate surface area is 116 Å². The average Bonchev–Trinajstić information content (AvgIpc) is 2.69. The van der Waals surface area contributed by atoms with Gasteiger partial charge < -0.3 is 10.1 Å². The van der Waals surface area contributed by atoms with Gasteiger partial charge in [-0.2, -0.15) is 17.0 Å². The van der Waals surface area contributed by atoms with Crippen LogP contribution in [0, 0.1) is 0 Å². The molecule has 0 aromatic rings. The summed E-state index contributed by atoms with van der Waals surface area (Å²) in [5.74, 6) is 0. The predicted molar refractivity (Wildman–Crippen MR) is 74.2 cm³/mol. The van der Waals surface area contributed by atoms with E-state index in [9.17, 15) is 8.42 Å². The molecule has 0 spiro atoms. The van der Waals surface area contributed by atoms with Gasteiger partial charge in [0.05, 0.1) is 12.7 Å². The Hall–Kier alpha value is -0.210. The average molecular weight is 291 g/mol. The first-order valence-corrected chi connectivity index (χ1v) is 8.54. The highest BCUT2D eigenvalue weighted by molar-refractivity contribution is 7.86. The second-order valence-electron chi connectivity index (χ2n) is 5.30. The van der Waals surface area contributed by atoms with Crippen LogP contribution in [0.4, 0.5) is 0 Å². The van der Waals surface area contributed by atoms with Crippen LogP contribution in [0.5, 0.6) is 0 Å². The highest BCUT2D eigenvalue weighted by Crippen LogP contribution is 2.16. The molecule has 0 aromatic carbocycles. The number of morpholine rings is 1. The van der Waals surface area contributed by atoms with Crippen molar-refractivity contribution in [3.63, 3.8) is 0 Å². The molecular weight excluding hydrogens is 266 g/mol. The maximum absolute atomic E-state index is 12.5. The predicted octanol–water partition coefficient (Wildman–Crippen LogP) is 0.0274. The van der Waals surface area contributed by atoms with E-state index in [-0.39, 0.29) is 6.10 Å². The fraction of sp³-hybridized carbons (Fsp3) is 1.00. The molecule has 1 atom stereocenters. The van der Waals surface area contributed by atoms with E-state index >= 15 is 0 Å². The van der Waals surface area contributed by atoms with Crippen LogP contribution in [-0.4, -0.2) is 69.5 Å². The first-order valence-electron chi connectivity index (χ1n) is 7.14. The minimum atomic E-state index is -3.33. The summed E-state index contributed by atoms with van der Waals surface area (Å²) in [5, 5.41) is 3.22. The SMILES string of the molecule is CN(CC1CNCCO1)S(=O)(=O)N1CCCCCC1. The molecule has 7 heteroatoms. The normalized spacial score (nSPS) is 27.4. The van der Waals surface area contributed by atoms with Crippen molar-refractivity contribution in [2.24, 2.45) is 0 Å². The Kier molecular flexibility index (Phi) is 5.58. The van der Waals surface area contributed by atoms with Crippen LogP contribution < -0.4 is 5.32 Å². The van der Waals surface area contributed by atoms with Gasteiger partial charge in [0.15, 0.2) is 0 Å². The number of hydrogen-bond donors (Lipinski definition) is 1. The third-order valence-corrected chi connectivity index (χ3v) is 5.70. The summed E-state index contributed by atoms with van der Waals surface area (Å²) >= 11 is 0. The molecule has 2 rings (SSSR count). The van der Waals surface area contributed by atoms with Gasteiger partial charge >= 0.3 is 0 Å². The molecule has 2 saturated heterocycles. The Morgan fingerprint density at radius 2 is 1.95 bits per heavy atom. The lowest BCUT2D eigenvalue weighted by Gasteiger charge is -2.31. The molecule has 0 bridgehead atoms. The molecule has 1 N–H and O–H groups in total. The van der Waals surface area contributed by atoms with E-state index in [0.29, 0.717) is 26.2 Å². The number of rotatable bonds is 4. The van der Waals surface area contributed by atoms with Crippen molar-refractivity contribution in [1.82, 2.24) is 13.9 Å². The monoisotopic (exact) mass is 291 g/mol. The van der Waals surface area contributed by atoms with Gasteiger partial charge in [0.1, 0.15) is 0 Å².